The molecule has 0 atom stereocenters. The minimum atomic E-state index is 0.0649. The van der Waals surface area contributed by atoms with Gasteiger partial charge in [-0.05, 0) is 49.7 Å². The maximum atomic E-state index is 11.3. The average Bonchev–Trinajstić information content (AvgIpc) is 2.96. The summed E-state index contributed by atoms with van der Waals surface area (Å²) >= 11 is 1.54. The second-order valence-corrected chi connectivity index (χ2v) is 5.85. The molecular weight excluding hydrogens is 294 g/mol. The van der Waals surface area contributed by atoms with Crippen LogP contribution in [0.5, 0.6) is 0 Å². The smallest absolute Gasteiger partial charge is 0.187 e. The highest BCUT2D eigenvalue weighted by atomic mass is 32.1. The van der Waals surface area contributed by atoms with Crippen LogP contribution in [-0.4, -0.2) is 15.8 Å². The zero-order chi connectivity index (χ0) is 15.5. The number of anilines is 2. The molecule has 1 N–H and O–H groups in total. The molecule has 2 aromatic heterocycles. The number of hydrogen-bond donors (Lipinski definition) is 1. The molecule has 5 heteroatoms. The summed E-state index contributed by atoms with van der Waals surface area (Å²) in [7, 11) is 0. The van der Waals surface area contributed by atoms with Crippen LogP contribution in [-0.2, 0) is 0 Å². The molecule has 0 saturated carbocycles. The number of benzene rings is 1. The van der Waals surface area contributed by atoms with Gasteiger partial charge in [-0.3, -0.25) is 9.78 Å². The number of hydrogen-bond acceptors (Lipinski definition) is 5. The van der Waals surface area contributed by atoms with Crippen molar-refractivity contribution in [1.29, 1.82) is 0 Å². The molecule has 0 aliphatic rings. The zero-order valence-corrected chi connectivity index (χ0v) is 13.1. The fourth-order valence-corrected chi connectivity index (χ4v) is 2.83. The van der Waals surface area contributed by atoms with E-state index in [1.165, 1.54) is 0 Å². The summed E-state index contributed by atoms with van der Waals surface area (Å²) in [4.78, 5) is 20.0. The molecule has 4 nitrogen and oxygen atoms in total. The van der Waals surface area contributed by atoms with Crippen molar-refractivity contribution in [3.05, 3.63) is 59.2 Å². The van der Waals surface area contributed by atoms with Crippen LogP contribution in [0.25, 0.3) is 11.3 Å². The Balaban J connectivity index is 1.80. The van der Waals surface area contributed by atoms with Crippen molar-refractivity contribution in [3.8, 4) is 11.3 Å². The minimum absolute atomic E-state index is 0.0649. The van der Waals surface area contributed by atoms with Crippen LogP contribution in [0.15, 0.2) is 48.1 Å². The van der Waals surface area contributed by atoms with E-state index in [2.05, 4.69) is 15.3 Å². The van der Waals surface area contributed by atoms with E-state index in [-0.39, 0.29) is 5.78 Å². The van der Waals surface area contributed by atoms with E-state index in [1.807, 2.05) is 48.8 Å². The lowest BCUT2D eigenvalue weighted by atomic mass is 10.1. The maximum absolute atomic E-state index is 11.3. The average molecular weight is 309 g/mol. The van der Waals surface area contributed by atoms with Crippen LogP contribution in [0.4, 0.5) is 10.8 Å². The monoisotopic (exact) mass is 309 g/mol. The SMILES string of the molecule is CC(=O)c1ccc(Nc2nc(-c3cnccc3C)cs2)cc1. The van der Waals surface area contributed by atoms with E-state index >= 15 is 0 Å². The highest BCUT2D eigenvalue weighted by Gasteiger charge is 2.07. The van der Waals surface area contributed by atoms with Crippen molar-refractivity contribution >= 4 is 27.9 Å². The lowest BCUT2D eigenvalue weighted by molar-refractivity contribution is 0.101. The third-order valence-corrected chi connectivity index (χ3v) is 4.12. The number of rotatable bonds is 4. The molecule has 0 aliphatic carbocycles. The van der Waals surface area contributed by atoms with Gasteiger partial charge in [0.05, 0.1) is 5.69 Å². The summed E-state index contributed by atoms with van der Waals surface area (Å²) in [5, 5.41) is 6.08. The molecule has 0 bridgehead atoms. The number of nitrogens with zero attached hydrogens (tertiary/aromatic N) is 2. The molecular formula is C17H15N3OS. The van der Waals surface area contributed by atoms with Crippen LogP contribution in [0.2, 0.25) is 0 Å². The maximum Gasteiger partial charge on any atom is 0.187 e. The summed E-state index contributed by atoms with van der Waals surface area (Å²) in [6, 6.07) is 9.36. The zero-order valence-electron chi connectivity index (χ0n) is 12.3. The molecule has 3 rings (SSSR count). The van der Waals surface area contributed by atoms with Crippen LogP contribution < -0.4 is 5.32 Å². The molecule has 110 valence electrons. The van der Waals surface area contributed by atoms with E-state index in [0.29, 0.717) is 5.56 Å². The summed E-state index contributed by atoms with van der Waals surface area (Å²) in [6.45, 7) is 3.61. The molecule has 0 fully saturated rings. The third-order valence-electron chi connectivity index (χ3n) is 3.36. The van der Waals surface area contributed by atoms with Crippen LogP contribution >= 0.6 is 11.3 Å². The fourth-order valence-electron chi connectivity index (χ4n) is 2.10. The first-order chi connectivity index (χ1) is 10.6. The van der Waals surface area contributed by atoms with E-state index in [1.54, 1.807) is 24.5 Å². The fraction of sp³-hybridized carbons (Fsp3) is 0.118. The topological polar surface area (TPSA) is 54.9 Å². The first-order valence-electron chi connectivity index (χ1n) is 6.88. The molecule has 0 radical (unpaired) electrons. The number of carbonyl (C=O) groups excluding carboxylic acids is 1. The minimum Gasteiger partial charge on any atom is -0.332 e. The quantitative estimate of drug-likeness (QED) is 0.723. The highest BCUT2D eigenvalue weighted by Crippen LogP contribution is 2.28. The van der Waals surface area contributed by atoms with Crippen molar-refractivity contribution in [1.82, 2.24) is 9.97 Å². The Labute approximate surface area is 132 Å². The highest BCUT2D eigenvalue weighted by molar-refractivity contribution is 7.14. The first kappa shape index (κ1) is 14.4. The van der Waals surface area contributed by atoms with Crippen molar-refractivity contribution in [2.75, 3.05) is 5.32 Å². The standard InChI is InChI=1S/C17H15N3OS/c1-11-7-8-18-9-15(11)16-10-22-17(20-16)19-14-5-3-13(4-6-14)12(2)21/h3-10H,1-2H3,(H,19,20). The van der Waals surface area contributed by atoms with E-state index in [9.17, 15) is 4.79 Å². The molecule has 0 unspecified atom stereocenters. The van der Waals surface area contributed by atoms with Crippen LogP contribution in [0, 0.1) is 6.92 Å². The normalized spacial score (nSPS) is 10.5. The lowest BCUT2D eigenvalue weighted by Gasteiger charge is -2.03. The van der Waals surface area contributed by atoms with Gasteiger partial charge in [0.25, 0.3) is 0 Å². The molecule has 0 spiro atoms. The Kier molecular flexibility index (Phi) is 3.98. The van der Waals surface area contributed by atoms with Gasteiger partial charge in [-0.1, -0.05) is 0 Å². The van der Waals surface area contributed by atoms with Gasteiger partial charge in [0, 0.05) is 34.6 Å². The second kappa shape index (κ2) is 6.07. The van der Waals surface area contributed by atoms with E-state index in [0.717, 1.165) is 27.6 Å². The predicted octanol–water partition coefficient (Wildman–Crippen LogP) is 4.46. The first-order valence-corrected chi connectivity index (χ1v) is 7.76. The third kappa shape index (κ3) is 3.04. The van der Waals surface area contributed by atoms with Gasteiger partial charge in [0.15, 0.2) is 10.9 Å². The van der Waals surface area contributed by atoms with Gasteiger partial charge in [0.2, 0.25) is 0 Å². The number of carbonyl (C=O) groups is 1. The van der Waals surface area contributed by atoms with Crippen LogP contribution in [0.3, 0.4) is 0 Å². The Morgan fingerprint density at radius 1 is 1.18 bits per heavy atom. The summed E-state index contributed by atoms with van der Waals surface area (Å²) in [6.07, 6.45) is 3.61. The van der Waals surface area contributed by atoms with Gasteiger partial charge in [-0.2, -0.15) is 0 Å². The molecule has 0 aliphatic heterocycles. The number of pyridine rings is 1. The number of thiazole rings is 1. The summed E-state index contributed by atoms with van der Waals surface area (Å²) < 4.78 is 0. The molecule has 2 heterocycles. The van der Waals surface area contributed by atoms with Gasteiger partial charge < -0.3 is 5.32 Å². The Bertz CT molecular complexity index is 809. The molecule has 22 heavy (non-hydrogen) atoms. The number of aryl methyl sites for hydroxylation is 1. The summed E-state index contributed by atoms with van der Waals surface area (Å²) in [5.74, 6) is 0.0649. The van der Waals surface area contributed by atoms with Gasteiger partial charge >= 0.3 is 0 Å². The van der Waals surface area contributed by atoms with Gasteiger partial charge in [0.1, 0.15) is 0 Å². The Hall–Kier alpha value is -2.53. The van der Waals surface area contributed by atoms with Crippen molar-refractivity contribution in [2.45, 2.75) is 13.8 Å². The van der Waals surface area contributed by atoms with Crippen molar-refractivity contribution < 1.29 is 4.79 Å². The molecule has 0 saturated heterocycles. The number of Topliss-reactive ketones (excluding diaryl/α,β-unsaturated/α-hetero) is 1. The van der Waals surface area contributed by atoms with Crippen LogP contribution in [0.1, 0.15) is 22.8 Å². The molecule has 1 aromatic carbocycles. The predicted molar refractivity (Wildman–Crippen MR) is 89.8 cm³/mol. The number of nitrogens with one attached hydrogen (secondary N) is 1. The number of aromatic nitrogens is 2. The lowest BCUT2D eigenvalue weighted by Crippen LogP contribution is -1.94. The second-order valence-electron chi connectivity index (χ2n) is 4.99. The van der Waals surface area contributed by atoms with Gasteiger partial charge in [-0.25, -0.2) is 4.98 Å². The van der Waals surface area contributed by atoms with Crippen molar-refractivity contribution in [2.24, 2.45) is 0 Å². The van der Waals surface area contributed by atoms with E-state index < -0.39 is 0 Å². The Morgan fingerprint density at radius 2 is 1.95 bits per heavy atom. The Morgan fingerprint density at radius 3 is 2.64 bits per heavy atom. The van der Waals surface area contributed by atoms with Crippen molar-refractivity contribution in [3.63, 3.8) is 0 Å². The largest absolute Gasteiger partial charge is 0.332 e. The number of ketones is 1. The van der Waals surface area contributed by atoms with Gasteiger partial charge in [-0.15, -0.1) is 11.3 Å². The summed E-state index contributed by atoms with van der Waals surface area (Å²) in [5.41, 5.74) is 4.72. The molecule has 3 aromatic rings. The molecule has 0 amide bonds. The van der Waals surface area contributed by atoms with E-state index in [4.69, 9.17) is 0 Å².